The van der Waals surface area contributed by atoms with Crippen molar-refractivity contribution < 1.29 is 9.53 Å². The highest BCUT2D eigenvalue weighted by molar-refractivity contribution is 7.16. The predicted molar refractivity (Wildman–Crippen MR) is 82.4 cm³/mol. The van der Waals surface area contributed by atoms with Crippen LogP contribution in [0, 0.1) is 0 Å². The van der Waals surface area contributed by atoms with Crippen molar-refractivity contribution >= 4 is 33.3 Å². The van der Waals surface area contributed by atoms with Gasteiger partial charge in [-0.2, -0.15) is 0 Å². The number of carbonyl (C=O) groups excluding carboxylic acids is 1. The van der Waals surface area contributed by atoms with Crippen LogP contribution in [0.25, 0.3) is 10.2 Å². The highest BCUT2D eigenvalue weighted by atomic mass is 32.1. The third-order valence-electron chi connectivity index (χ3n) is 3.33. The molecule has 0 bridgehead atoms. The smallest absolute Gasteiger partial charge is 0.249 e. The van der Waals surface area contributed by atoms with Crippen LogP contribution < -0.4 is 5.32 Å². The Labute approximate surface area is 127 Å². The van der Waals surface area contributed by atoms with E-state index >= 15 is 0 Å². The summed E-state index contributed by atoms with van der Waals surface area (Å²) in [6.07, 6.45) is 1.03. The Morgan fingerprint density at radius 1 is 1.48 bits per heavy atom. The molecule has 1 aliphatic heterocycles. The molecule has 2 aromatic rings. The van der Waals surface area contributed by atoms with Gasteiger partial charge in [-0.25, -0.2) is 9.97 Å². The maximum atomic E-state index is 11.8. The first-order valence-corrected chi connectivity index (χ1v) is 7.99. The van der Waals surface area contributed by atoms with E-state index in [9.17, 15) is 4.79 Å². The largest absolute Gasteiger partial charge is 0.370 e. The van der Waals surface area contributed by atoms with Crippen LogP contribution in [0.4, 0.5) is 5.82 Å². The van der Waals surface area contributed by atoms with Gasteiger partial charge in [-0.05, 0) is 17.9 Å². The minimum Gasteiger partial charge on any atom is -0.370 e. The lowest BCUT2D eigenvalue weighted by Gasteiger charge is -2.26. The summed E-state index contributed by atoms with van der Waals surface area (Å²) in [5.74, 6) is 1.54. The van der Waals surface area contributed by atoms with Crippen molar-refractivity contribution in [1.29, 1.82) is 0 Å². The molecule has 1 fully saturated rings. The first-order valence-electron chi connectivity index (χ1n) is 7.11. The van der Waals surface area contributed by atoms with E-state index in [-0.39, 0.29) is 12.5 Å². The van der Waals surface area contributed by atoms with Gasteiger partial charge in [0.2, 0.25) is 5.91 Å². The highest BCUT2D eigenvalue weighted by Gasteiger charge is 2.20. The van der Waals surface area contributed by atoms with E-state index in [1.807, 2.05) is 11.4 Å². The van der Waals surface area contributed by atoms with Crippen molar-refractivity contribution in [3.05, 3.63) is 17.3 Å². The number of nitrogens with one attached hydrogen (secondary N) is 1. The number of rotatable bonds is 5. The zero-order valence-electron chi connectivity index (χ0n) is 12.0. The molecule has 7 heteroatoms. The standard InChI is InChI=1S/C14H18N4O2S/c1-2-4-15-13-10-3-7-21-14(10)17-11(16-13)8-18-5-6-20-9-12(18)19/h3,7H,2,4-6,8-9H2,1H3,(H,15,16,17). The summed E-state index contributed by atoms with van der Waals surface area (Å²) in [6, 6.07) is 2.03. The number of thiophene rings is 1. The van der Waals surface area contributed by atoms with Crippen LogP contribution in [0.5, 0.6) is 0 Å². The third kappa shape index (κ3) is 3.14. The SMILES string of the molecule is CCCNc1nc(CN2CCOCC2=O)nc2sccc12. The van der Waals surface area contributed by atoms with Crippen LogP contribution in [0.1, 0.15) is 19.2 Å². The average molecular weight is 306 g/mol. The van der Waals surface area contributed by atoms with Crippen molar-refractivity contribution in [2.75, 3.05) is 31.6 Å². The molecular weight excluding hydrogens is 288 g/mol. The van der Waals surface area contributed by atoms with Crippen molar-refractivity contribution in [3.63, 3.8) is 0 Å². The summed E-state index contributed by atoms with van der Waals surface area (Å²) in [4.78, 5) is 23.7. The van der Waals surface area contributed by atoms with Gasteiger partial charge in [0.15, 0.2) is 5.82 Å². The molecule has 2 aromatic heterocycles. The van der Waals surface area contributed by atoms with Crippen LogP contribution in [0.2, 0.25) is 0 Å². The third-order valence-corrected chi connectivity index (χ3v) is 4.14. The predicted octanol–water partition coefficient (Wildman–Crippen LogP) is 1.87. The van der Waals surface area contributed by atoms with Crippen LogP contribution in [0.3, 0.4) is 0 Å². The molecule has 0 aromatic carbocycles. The van der Waals surface area contributed by atoms with Crippen molar-refractivity contribution in [3.8, 4) is 0 Å². The zero-order chi connectivity index (χ0) is 14.7. The lowest BCUT2D eigenvalue weighted by Crippen LogP contribution is -2.41. The minimum absolute atomic E-state index is 0.000746. The molecule has 3 heterocycles. The summed E-state index contributed by atoms with van der Waals surface area (Å²) in [7, 11) is 0. The second kappa shape index (κ2) is 6.36. The topological polar surface area (TPSA) is 67.3 Å². The first kappa shape index (κ1) is 14.2. The quantitative estimate of drug-likeness (QED) is 0.913. The van der Waals surface area contributed by atoms with E-state index in [0.717, 1.165) is 29.0 Å². The van der Waals surface area contributed by atoms with Gasteiger partial charge in [0.25, 0.3) is 0 Å². The number of nitrogens with zero attached hydrogens (tertiary/aromatic N) is 3. The monoisotopic (exact) mass is 306 g/mol. The normalized spacial score (nSPS) is 15.7. The number of amides is 1. The zero-order valence-corrected chi connectivity index (χ0v) is 12.8. The number of fused-ring (bicyclic) bond motifs is 1. The van der Waals surface area contributed by atoms with E-state index in [2.05, 4.69) is 22.2 Å². The van der Waals surface area contributed by atoms with Crippen LogP contribution in [-0.4, -0.2) is 47.1 Å². The van der Waals surface area contributed by atoms with Gasteiger partial charge in [-0.3, -0.25) is 4.79 Å². The van der Waals surface area contributed by atoms with Gasteiger partial charge in [-0.15, -0.1) is 11.3 Å². The molecule has 0 spiro atoms. The lowest BCUT2D eigenvalue weighted by atomic mass is 10.3. The summed E-state index contributed by atoms with van der Waals surface area (Å²) < 4.78 is 5.14. The Kier molecular flexibility index (Phi) is 4.31. The molecule has 0 aliphatic carbocycles. The van der Waals surface area contributed by atoms with Gasteiger partial charge in [0.1, 0.15) is 17.3 Å². The Morgan fingerprint density at radius 2 is 2.38 bits per heavy atom. The molecule has 1 N–H and O–H groups in total. The van der Waals surface area contributed by atoms with Crippen molar-refractivity contribution in [2.45, 2.75) is 19.9 Å². The molecule has 21 heavy (non-hydrogen) atoms. The van der Waals surface area contributed by atoms with Crippen LogP contribution >= 0.6 is 11.3 Å². The number of hydrogen-bond donors (Lipinski definition) is 1. The fourth-order valence-electron chi connectivity index (χ4n) is 2.24. The van der Waals surface area contributed by atoms with E-state index in [1.165, 1.54) is 0 Å². The fraction of sp³-hybridized carbons (Fsp3) is 0.500. The Bertz CT molecular complexity index is 643. The summed E-state index contributed by atoms with van der Waals surface area (Å²) >= 11 is 1.59. The second-order valence-corrected chi connectivity index (χ2v) is 5.82. The minimum atomic E-state index is -0.000746. The Hall–Kier alpha value is -1.73. The number of hydrogen-bond acceptors (Lipinski definition) is 6. The van der Waals surface area contributed by atoms with Crippen LogP contribution in [-0.2, 0) is 16.1 Å². The number of carbonyl (C=O) groups is 1. The summed E-state index contributed by atoms with van der Waals surface area (Å²) in [5.41, 5.74) is 0. The van der Waals surface area contributed by atoms with Crippen LogP contribution in [0.15, 0.2) is 11.4 Å². The van der Waals surface area contributed by atoms with Gasteiger partial charge < -0.3 is 15.0 Å². The number of aromatic nitrogens is 2. The maximum absolute atomic E-state index is 11.8. The molecule has 0 saturated carbocycles. The molecule has 1 aliphatic rings. The van der Waals surface area contributed by atoms with Gasteiger partial charge >= 0.3 is 0 Å². The maximum Gasteiger partial charge on any atom is 0.249 e. The molecule has 0 atom stereocenters. The number of anilines is 1. The summed E-state index contributed by atoms with van der Waals surface area (Å²) in [5, 5.41) is 6.40. The van der Waals surface area contributed by atoms with Gasteiger partial charge in [0, 0.05) is 13.1 Å². The van der Waals surface area contributed by atoms with Crippen molar-refractivity contribution in [1.82, 2.24) is 14.9 Å². The molecule has 0 unspecified atom stereocenters. The number of morpholine rings is 1. The molecular formula is C14H18N4O2S. The van der Waals surface area contributed by atoms with E-state index in [1.54, 1.807) is 16.2 Å². The number of ether oxygens (including phenoxy) is 1. The molecule has 0 radical (unpaired) electrons. The highest BCUT2D eigenvalue weighted by Crippen LogP contribution is 2.25. The van der Waals surface area contributed by atoms with Gasteiger partial charge in [-0.1, -0.05) is 6.92 Å². The fourth-order valence-corrected chi connectivity index (χ4v) is 3.02. The Morgan fingerprint density at radius 3 is 3.19 bits per heavy atom. The summed E-state index contributed by atoms with van der Waals surface area (Å²) in [6.45, 7) is 4.76. The second-order valence-electron chi connectivity index (χ2n) is 4.92. The average Bonchev–Trinajstić information content (AvgIpc) is 2.95. The molecule has 6 nitrogen and oxygen atoms in total. The lowest BCUT2D eigenvalue weighted by molar-refractivity contribution is -0.143. The van der Waals surface area contributed by atoms with E-state index < -0.39 is 0 Å². The first-order chi connectivity index (χ1) is 10.3. The van der Waals surface area contributed by atoms with Gasteiger partial charge in [0.05, 0.1) is 18.5 Å². The van der Waals surface area contributed by atoms with Crippen molar-refractivity contribution in [2.24, 2.45) is 0 Å². The molecule has 3 rings (SSSR count). The molecule has 1 amide bonds. The van der Waals surface area contributed by atoms with E-state index in [0.29, 0.717) is 25.5 Å². The van der Waals surface area contributed by atoms with E-state index in [4.69, 9.17) is 4.74 Å². The molecule has 112 valence electrons. The Balaban J connectivity index is 1.85. The molecule has 1 saturated heterocycles.